The van der Waals surface area contributed by atoms with Crippen LogP contribution in [0.3, 0.4) is 0 Å². The van der Waals surface area contributed by atoms with Crippen LogP contribution in [-0.2, 0) is 11.3 Å². The summed E-state index contributed by atoms with van der Waals surface area (Å²) in [6.45, 7) is 1.73. The lowest BCUT2D eigenvalue weighted by Crippen LogP contribution is -2.21. The first-order chi connectivity index (χ1) is 12.3. The van der Waals surface area contributed by atoms with Crippen molar-refractivity contribution in [1.29, 1.82) is 0 Å². The van der Waals surface area contributed by atoms with Gasteiger partial charge in [-0.2, -0.15) is 13.2 Å². The number of carbonyl (C=O) groups excluding carboxylic acids is 1. The minimum atomic E-state index is -4.55. The van der Waals surface area contributed by atoms with Crippen LogP contribution in [0.5, 0.6) is 11.6 Å². The van der Waals surface area contributed by atoms with E-state index in [1.807, 2.05) is 18.2 Å². The van der Waals surface area contributed by atoms with Crippen LogP contribution in [-0.4, -0.2) is 30.3 Å². The van der Waals surface area contributed by atoms with Crippen LogP contribution in [0.4, 0.5) is 13.2 Å². The number of hydrogen-bond donors (Lipinski definition) is 0. The largest absolute Gasteiger partial charge is 0.483 e. The first-order valence-electron chi connectivity index (χ1n) is 7.85. The summed E-state index contributed by atoms with van der Waals surface area (Å²) in [6, 6.07) is 10.3. The fourth-order valence-corrected chi connectivity index (χ4v) is 2.11. The summed E-state index contributed by atoms with van der Waals surface area (Å²) >= 11 is 0. The maximum Gasteiger partial charge on any atom is 0.422 e. The number of aromatic nitrogens is 1. The second kappa shape index (κ2) is 8.55. The summed E-state index contributed by atoms with van der Waals surface area (Å²) in [7, 11) is 0. The molecule has 1 aromatic carbocycles. The summed E-state index contributed by atoms with van der Waals surface area (Å²) < 4.78 is 52.8. The van der Waals surface area contributed by atoms with Gasteiger partial charge >= 0.3 is 12.1 Å². The number of alkyl halides is 3. The minimum absolute atomic E-state index is 0.0452. The third-order valence-corrected chi connectivity index (χ3v) is 3.17. The lowest BCUT2D eigenvalue weighted by Gasteiger charge is -2.16. The summed E-state index contributed by atoms with van der Waals surface area (Å²) in [5, 5.41) is 0. The van der Waals surface area contributed by atoms with Crippen molar-refractivity contribution in [2.24, 2.45) is 0 Å². The highest BCUT2D eigenvalue weighted by Crippen LogP contribution is 2.31. The molecule has 0 N–H and O–H groups in total. The van der Waals surface area contributed by atoms with Gasteiger partial charge in [-0.25, -0.2) is 9.78 Å². The van der Waals surface area contributed by atoms with Gasteiger partial charge in [0.05, 0.1) is 6.61 Å². The Kier molecular flexibility index (Phi) is 6.43. The Hall–Kier alpha value is -2.77. The summed E-state index contributed by atoms with van der Waals surface area (Å²) in [5.74, 6) is -1.28. The number of nitrogens with zero attached hydrogens (tertiary/aromatic N) is 1. The SMILES string of the molecule is CCOC(=O)c1c(OCC(F)(F)F)cc(C)nc1OCc1ccccc1. The molecule has 0 aliphatic heterocycles. The van der Waals surface area contributed by atoms with E-state index in [0.717, 1.165) is 5.56 Å². The molecule has 8 heteroatoms. The Balaban J connectivity index is 2.34. The van der Waals surface area contributed by atoms with Crippen LogP contribution in [0, 0.1) is 6.92 Å². The fourth-order valence-electron chi connectivity index (χ4n) is 2.11. The molecule has 0 fully saturated rings. The first-order valence-corrected chi connectivity index (χ1v) is 7.85. The molecule has 2 aromatic rings. The van der Waals surface area contributed by atoms with E-state index in [9.17, 15) is 18.0 Å². The average molecular weight is 369 g/mol. The second-order valence-corrected chi connectivity index (χ2v) is 5.34. The monoisotopic (exact) mass is 369 g/mol. The number of ether oxygens (including phenoxy) is 3. The third kappa shape index (κ3) is 5.65. The summed E-state index contributed by atoms with van der Waals surface area (Å²) in [6.07, 6.45) is -4.55. The van der Waals surface area contributed by atoms with E-state index in [1.54, 1.807) is 26.0 Å². The molecule has 1 aromatic heterocycles. The standard InChI is InChI=1S/C18H18F3NO4/c1-3-24-17(23)15-14(26-11-18(19,20)21)9-12(2)22-16(15)25-10-13-7-5-4-6-8-13/h4-9H,3,10-11H2,1-2H3. The molecular weight excluding hydrogens is 351 g/mol. The van der Waals surface area contributed by atoms with Gasteiger partial charge in [0.1, 0.15) is 12.4 Å². The molecule has 2 rings (SSSR count). The second-order valence-electron chi connectivity index (χ2n) is 5.34. The van der Waals surface area contributed by atoms with Crippen molar-refractivity contribution in [2.45, 2.75) is 26.6 Å². The van der Waals surface area contributed by atoms with E-state index in [-0.39, 0.29) is 30.4 Å². The Labute approximate surface area is 148 Å². The molecule has 0 saturated carbocycles. The number of carbonyl (C=O) groups is 1. The van der Waals surface area contributed by atoms with Crippen LogP contribution < -0.4 is 9.47 Å². The molecule has 1 heterocycles. The van der Waals surface area contributed by atoms with Crippen LogP contribution in [0.1, 0.15) is 28.5 Å². The van der Waals surface area contributed by atoms with E-state index in [2.05, 4.69) is 4.98 Å². The molecule has 0 aliphatic carbocycles. The van der Waals surface area contributed by atoms with Gasteiger partial charge in [-0.3, -0.25) is 0 Å². The highest BCUT2D eigenvalue weighted by atomic mass is 19.4. The van der Waals surface area contributed by atoms with E-state index >= 15 is 0 Å². The predicted octanol–water partition coefficient (Wildman–Crippen LogP) is 4.09. The number of aryl methyl sites for hydroxylation is 1. The molecule has 0 aliphatic rings. The quantitative estimate of drug-likeness (QED) is 0.688. The molecule has 0 bridgehead atoms. The van der Waals surface area contributed by atoms with E-state index in [1.165, 1.54) is 6.07 Å². The van der Waals surface area contributed by atoms with Gasteiger partial charge in [0.25, 0.3) is 0 Å². The molecule has 0 amide bonds. The Morgan fingerprint density at radius 2 is 1.85 bits per heavy atom. The number of halogens is 3. The smallest absolute Gasteiger partial charge is 0.422 e. The van der Waals surface area contributed by atoms with Crippen molar-refractivity contribution in [3.05, 3.63) is 53.2 Å². The molecule has 0 atom stereocenters. The van der Waals surface area contributed by atoms with Crippen molar-refractivity contribution in [3.63, 3.8) is 0 Å². The lowest BCUT2D eigenvalue weighted by atomic mass is 10.2. The van der Waals surface area contributed by atoms with Gasteiger partial charge in [-0.05, 0) is 19.4 Å². The number of rotatable bonds is 7. The average Bonchev–Trinajstić information content (AvgIpc) is 2.58. The lowest BCUT2D eigenvalue weighted by molar-refractivity contribution is -0.153. The van der Waals surface area contributed by atoms with Crippen molar-refractivity contribution in [1.82, 2.24) is 4.98 Å². The Morgan fingerprint density at radius 1 is 1.15 bits per heavy atom. The Bertz CT molecular complexity index is 748. The van der Waals surface area contributed by atoms with Crippen LogP contribution in [0.2, 0.25) is 0 Å². The normalized spacial score (nSPS) is 11.1. The molecule has 0 spiro atoms. The highest BCUT2D eigenvalue weighted by molar-refractivity contribution is 5.95. The maximum atomic E-state index is 12.5. The number of esters is 1. The predicted molar refractivity (Wildman–Crippen MR) is 87.3 cm³/mol. The van der Waals surface area contributed by atoms with Gasteiger partial charge in [0.2, 0.25) is 5.88 Å². The Morgan fingerprint density at radius 3 is 2.46 bits per heavy atom. The molecule has 26 heavy (non-hydrogen) atoms. The van der Waals surface area contributed by atoms with Gasteiger partial charge in [0, 0.05) is 11.8 Å². The molecule has 5 nitrogen and oxygen atoms in total. The number of pyridine rings is 1. The third-order valence-electron chi connectivity index (χ3n) is 3.17. The fraction of sp³-hybridized carbons (Fsp3) is 0.333. The number of hydrogen-bond acceptors (Lipinski definition) is 5. The molecule has 140 valence electrons. The van der Waals surface area contributed by atoms with Gasteiger partial charge in [-0.15, -0.1) is 0 Å². The number of benzene rings is 1. The zero-order valence-electron chi connectivity index (χ0n) is 14.3. The highest BCUT2D eigenvalue weighted by Gasteiger charge is 2.31. The van der Waals surface area contributed by atoms with Crippen LogP contribution in [0.15, 0.2) is 36.4 Å². The van der Waals surface area contributed by atoms with Gasteiger partial charge in [0.15, 0.2) is 12.2 Å². The van der Waals surface area contributed by atoms with Gasteiger partial charge < -0.3 is 14.2 Å². The minimum Gasteiger partial charge on any atom is -0.483 e. The maximum absolute atomic E-state index is 12.5. The zero-order valence-corrected chi connectivity index (χ0v) is 14.3. The van der Waals surface area contributed by atoms with E-state index < -0.39 is 18.8 Å². The van der Waals surface area contributed by atoms with Crippen molar-refractivity contribution in [3.8, 4) is 11.6 Å². The van der Waals surface area contributed by atoms with Crippen LogP contribution >= 0.6 is 0 Å². The van der Waals surface area contributed by atoms with E-state index in [0.29, 0.717) is 5.69 Å². The molecule has 0 radical (unpaired) electrons. The van der Waals surface area contributed by atoms with E-state index in [4.69, 9.17) is 14.2 Å². The summed E-state index contributed by atoms with van der Waals surface area (Å²) in [5.41, 5.74) is 0.888. The molecule has 0 unspecified atom stereocenters. The molecular formula is C18H18F3NO4. The van der Waals surface area contributed by atoms with Crippen molar-refractivity contribution in [2.75, 3.05) is 13.2 Å². The first kappa shape index (κ1) is 19.6. The van der Waals surface area contributed by atoms with Crippen molar-refractivity contribution >= 4 is 5.97 Å². The summed E-state index contributed by atoms with van der Waals surface area (Å²) in [4.78, 5) is 16.3. The van der Waals surface area contributed by atoms with Crippen molar-refractivity contribution < 1.29 is 32.2 Å². The zero-order chi connectivity index (χ0) is 19.2. The molecule has 0 saturated heterocycles. The topological polar surface area (TPSA) is 57.7 Å². The van der Waals surface area contributed by atoms with Crippen LogP contribution in [0.25, 0.3) is 0 Å². The van der Waals surface area contributed by atoms with Gasteiger partial charge in [-0.1, -0.05) is 30.3 Å².